The Labute approximate surface area is 198 Å². The highest BCUT2D eigenvalue weighted by molar-refractivity contribution is 7.90. The van der Waals surface area contributed by atoms with Crippen molar-refractivity contribution in [3.8, 4) is 22.8 Å². The molecule has 0 saturated heterocycles. The third-order valence-electron chi connectivity index (χ3n) is 5.11. The summed E-state index contributed by atoms with van der Waals surface area (Å²) in [6.07, 6.45) is 5.45. The maximum absolute atomic E-state index is 13.6. The van der Waals surface area contributed by atoms with E-state index in [9.17, 15) is 13.2 Å². The second kappa shape index (κ2) is 8.04. The zero-order valence-electron chi connectivity index (χ0n) is 17.6. The first-order valence-corrected chi connectivity index (χ1v) is 12.1. The highest BCUT2D eigenvalue weighted by Crippen LogP contribution is 2.24. The molecule has 10 nitrogen and oxygen atoms in total. The summed E-state index contributed by atoms with van der Waals surface area (Å²) in [6, 6.07) is 13.0. The lowest BCUT2D eigenvalue weighted by Gasteiger charge is -2.13. The SMILES string of the molecule is CS(=O)(=O)c1cccc(-n2ncc3c(=O)n(-c4ccc(Cl)cc4)c(-c4cnc(N)nc4)nc32)c1. The number of nitrogen functional groups attached to an aromatic ring is 1. The van der Waals surface area contributed by atoms with Crippen LogP contribution in [0.3, 0.4) is 0 Å². The molecule has 0 bridgehead atoms. The maximum atomic E-state index is 13.6. The van der Waals surface area contributed by atoms with Gasteiger partial charge in [0.25, 0.3) is 5.56 Å². The van der Waals surface area contributed by atoms with Gasteiger partial charge in [0.05, 0.1) is 28.0 Å². The van der Waals surface area contributed by atoms with E-state index >= 15 is 0 Å². The number of fused-ring (bicyclic) bond motifs is 1. The first-order chi connectivity index (χ1) is 16.2. The Morgan fingerprint density at radius 2 is 1.68 bits per heavy atom. The minimum Gasteiger partial charge on any atom is -0.368 e. The van der Waals surface area contributed by atoms with Gasteiger partial charge < -0.3 is 5.73 Å². The molecule has 0 fully saturated rings. The molecule has 2 aromatic carbocycles. The van der Waals surface area contributed by atoms with E-state index in [0.29, 0.717) is 22.0 Å². The highest BCUT2D eigenvalue weighted by Gasteiger charge is 2.20. The summed E-state index contributed by atoms with van der Waals surface area (Å²) in [5.74, 6) is 0.327. The van der Waals surface area contributed by atoms with E-state index in [0.717, 1.165) is 6.26 Å². The molecule has 34 heavy (non-hydrogen) atoms. The summed E-state index contributed by atoms with van der Waals surface area (Å²) >= 11 is 6.03. The molecule has 5 rings (SSSR count). The standard InChI is InChI=1S/C22H16ClN7O3S/c1-34(32,33)17-4-2-3-16(9-17)30-20-18(12-27-30)21(31)29(15-7-5-14(23)6-8-15)19(28-20)13-10-25-22(24)26-11-13/h2-12H,1H3,(H2,24,25,26). The average molecular weight is 494 g/mol. The third-order valence-corrected chi connectivity index (χ3v) is 6.47. The fourth-order valence-corrected chi connectivity index (χ4v) is 4.27. The number of halogens is 1. The third kappa shape index (κ3) is 3.80. The molecule has 0 aliphatic rings. The van der Waals surface area contributed by atoms with Gasteiger partial charge >= 0.3 is 0 Å². The molecule has 0 spiro atoms. The van der Waals surface area contributed by atoms with Crippen molar-refractivity contribution in [3.63, 3.8) is 0 Å². The van der Waals surface area contributed by atoms with Gasteiger partial charge in [-0.2, -0.15) is 5.10 Å². The Bertz CT molecular complexity index is 1710. The van der Waals surface area contributed by atoms with Gasteiger partial charge in [-0.05, 0) is 42.5 Å². The molecule has 0 amide bonds. The molecule has 0 aliphatic heterocycles. The Morgan fingerprint density at radius 3 is 2.35 bits per heavy atom. The van der Waals surface area contributed by atoms with Crippen LogP contribution in [0.25, 0.3) is 33.8 Å². The normalized spacial score (nSPS) is 11.7. The van der Waals surface area contributed by atoms with Gasteiger partial charge in [-0.15, -0.1) is 0 Å². The van der Waals surface area contributed by atoms with Crippen LogP contribution in [0.5, 0.6) is 0 Å². The van der Waals surface area contributed by atoms with Crippen molar-refractivity contribution in [2.45, 2.75) is 4.90 Å². The van der Waals surface area contributed by atoms with Crippen LogP contribution in [0.1, 0.15) is 0 Å². The van der Waals surface area contributed by atoms with Crippen molar-refractivity contribution >= 4 is 38.4 Å². The van der Waals surface area contributed by atoms with Gasteiger partial charge in [0, 0.05) is 23.7 Å². The Balaban J connectivity index is 1.82. The molecule has 3 heterocycles. The van der Waals surface area contributed by atoms with E-state index < -0.39 is 9.84 Å². The van der Waals surface area contributed by atoms with E-state index in [4.69, 9.17) is 22.3 Å². The molecule has 0 unspecified atom stereocenters. The van der Waals surface area contributed by atoms with Gasteiger partial charge in [0.2, 0.25) is 5.95 Å². The minimum absolute atomic E-state index is 0.0767. The Morgan fingerprint density at radius 1 is 0.971 bits per heavy atom. The molecule has 5 aromatic rings. The van der Waals surface area contributed by atoms with E-state index in [-0.39, 0.29) is 33.3 Å². The molecule has 0 atom stereocenters. The van der Waals surface area contributed by atoms with E-state index in [1.807, 2.05) is 0 Å². The van der Waals surface area contributed by atoms with E-state index in [1.165, 1.54) is 40.0 Å². The highest BCUT2D eigenvalue weighted by atomic mass is 35.5. The molecular formula is C22H16ClN7O3S. The second-order valence-electron chi connectivity index (χ2n) is 7.45. The smallest absolute Gasteiger partial charge is 0.269 e. The number of nitrogens with zero attached hydrogens (tertiary/aromatic N) is 6. The molecule has 0 aliphatic carbocycles. The lowest BCUT2D eigenvalue weighted by Crippen LogP contribution is -2.22. The molecule has 12 heteroatoms. The van der Waals surface area contributed by atoms with Crippen molar-refractivity contribution in [3.05, 3.63) is 82.5 Å². The van der Waals surface area contributed by atoms with Crippen LogP contribution in [-0.4, -0.2) is 44.0 Å². The molecule has 0 saturated carbocycles. The molecule has 170 valence electrons. The van der Waals surface area contributed by atoms with Crippen LogP contribution in [-0.2, 0) is 9.84 Å². The molecule has 3 aromatic heterocycles. The number of anilines is 1. The molecule has 2 N–H and O–H groups in total. The van der Waals surface area contributed by atoms with Crippen molar-refractivity contribution in [1.82, 2.24) is 29.3 Å². The van der Waals surface area contributed by atoms with Crippen molar-refractivity contribution in [2.24, 2.45) is 0 Å². The second-order valence-corrected chi connectivity index (χ2v) is 9.90. The van der Waals surface area contributed by atoms with Gasteiger partial charge in [-0.3, -0.25) is 9.36 Å². The number of rotatable bonds is 4. The number of hydrogen-bond acceptors (Lipinski definition) is 8. The summed E-state index contributed by atoms with van der Waals surface area (Å²) in [5, 5.41) is 5.07. The number of sulfone groups is 1. The van der Waals surface area contributed by atoms with Gasteiger partial charge in [-0.1, -0.05) is 17.7 Å². The van der Waals surface area contributed by atoms with Crippen LogP contribution in [0, 0.1) is 0 Å². The average Bonchev–Trinajstić information content (AvgIpc) is 3.24. The van der Waals surface area contributed by atoms with Gasteiger partial charge in [0.1, 0.15) is 5.39 Å². The number of hydrogen-bond donors (Lipinski definition) is 1. The zero-order valence-corrected chi connectivity index (χ0v) is 19.2. The Hall–Kier alpha value is -4.09. The predicted molar refractivity (Wildman–Crippen MR) is 128 cm³/mol. The topological polar surface area (TPSA) is 139 Å². The van der Waals surface area contributed by atoms with E-state index in [2.05, 4.69) is 15.1 Å². The van der Waals surface area contributed by atoms with Crippen LogP contribution < -0.4 is 11.3 Å². The molecule has 0 radical (unpaired) electrons. The quantitative estimate of drug-likeness (QED) is 0.403. The van der Waals surface area contributed by atoms with Crippen LogP contribution in [0.2, 0.25) is 5.02 Å². The van der Waals surface area contributed by atoms with Crippen LogP contribution in [0.4, 0.5) is 5.95 Å². The summed E-state index contributed by atoms with van der Waals surface area (Å²) < 4.78 is 26.9. The van der Waals surface area contributed by atoms with Crippen molar-refractivity contribution < 1.29 is 8.42 Å². The van der Waals surface area contributed by atoms with E-state index in [1.54, 1.807) is 36.4 Å². The number of nitrogens with two attached hydrogens (primary N) is 1. The zero-order chi connectivity index (χ0) is 24.0. The summed E-state index contributed by atoms with van der Waals surface area (Å²) in [4.78, 5) is 26.5. The van der Waals surface area contributed by atoms with Crippen molar-refractivity contribution in [2.75, 3.05) is 12.0 Å². The number of benzene rings is 2. The van der Waals surface area contributed by atoms with Crippen molar-refractivity contribution in [1.29, 1.82) is 0 Å². The fraction of sp³-hybridized carbons (Fsp3) is 0.0455. The first-order valence-electron chi connectivity index (χ1n) is 9.87. The largest absolute Gasteiger partial charge is 0.368 e. The monoisotopic (exact) mass is 493 g/mol. The lowest BCUT2D eigenvalue weighted by atomic mass is 10.2. The number of aromatic nitrogens is 6. The minimum atomic E-state index is -3.45. The fourth-order valence-electron chi connectivity index (χ4n) is 3.48. The lowest BCUT2D eigenvalue weighted by molar-refractivity contribution is 0.601. The summed E-state index contributed by atoms with van der Waals surface area (Å²) in [6.45, 7) is 0. The predicted octanol–water partition coefficient (Wildman–Crippen LogP) is 2.67. The van der Waals surface area contributed by atoms with Gasteiger partial charge in [-0.25, -0.2) is 28.1 Å². The summed E-state index contributed by atoms with van der Waals surface area (Å²) in [5.41, 5.74) is 6.91. The summed E-state index contributed by atoms with van der Waals surface area (Å²) in [7, 11) is -3.45. The maximum Gasteiger partial charge on any atom is 0.269 e. The van der Waals surface area contributed by atoms with Gasteiger partial charge in [0.15, 0.2) is 21.3 Å². The first kappa shape index (κ1) is 21.7. The Kier molecular flexibility index (Phi) is 5.14. The van der Waals surface area contributed by atoms with Crippen LogP contribution in [0.15, 0.2) is 76.8 Å². The van der Waals surface area contributed by atoms with Crippen LogP contribution >= 0.6 is 11.6 Å². The molecular weight excluding hydrogens is 478 g/mol.